The molecule has 0 amide bonds. The molecule has 0 aliphatic heterocycles. The summed E-state index contributed by atoms with van der Waals surface area (Å²) in [6, 6.07) is 63.1. The first-order chi connectivity index (χ1) is 35.2. The minimum absolute atomic E-state index is 0.141. The first kappa shape index (κ1) is 55.7. The van der Waals surface area contributed by atoms with Gasteiger partial charge in [-0.15, -0.1) is 0 Å². The summed E-state index contributed by atoms with van der Waals surface area (Å²) in [6.07, 6.45) is 0. The van der Waals surface area contributed by atoms with Crippen LogP contribution in [0.25, 0.3) is 11.1 Å². The first-order valence-corrected chi connectivity index (χ1v) is 25.9. The van der Waals surface area contributed by atoms with Crippen LogP contribution < -0.4 is 14.2 Å². The molecule has 0 unspecified atom stereocenters. The molecule has 9 rings (SSSR count). The van der Waals surface area contributed by atoms with Gasteiger partial charge in [-0.05, 0) is 259 Å². The predicted molar refractivity (Wildman–Crippen MR) is 316 cm³/mol. The smallest absolute Gasteiger partial charge is 0.127 e. The zero-order chi connectivity index (χ0) is 53.7. The molecule has 0 bridgehead atoms. The van der Waals surface area contributed by atoms with Crippen molar-refractivity contribution in [3.8, 4) is 45.6 Å². The van der Waals surface area contributed by atoms with Crippen molar-refractivity contribution in [2.45, 2.75) is 116 Å². The van der Waals surface area contributed by atoms with Gasteiger partial charge in [-0.3, -0.25) is 0 Å². The maximum atomic E-state index is 6.06. The maximum Gasteiger partial charge on any atom is 0.127 e. The van der Waals surface area contributed by atoms with Crippen LogP contribution in [-0.4, -0.2) is 0 Å². The van der Waals surface area contributed by atoms with Crippen molar-refractivity contribution in [3.63, 3.8) is 0 Å². The van der Waals surface area contributed by atoms with Gasteiger partial charge >= 0.3 is 0 Å². The van der Waals surface area contributed by atoms with E-state index in [1.54, 1.807) is 0 Å². The number of rotatable bonds is 9. The van der Waals surface area contributed by atoms with Crippen LogP contribution in [0.3, 0.4) is 0 Å². The Hall–Kier alpha value is -7.62. The number of hydrogen-bond acceptors (Lipinski definition) is 3. The van der Waals surface area contributed by atoms with E-state index in [9.17, 15) is 0 Å². The van der Waals surface area contributed by atoms with Crippen LogP contribution in [0.4, 0.5) is 0 Å². The largest absolute Gasteiger partial charge is 0.457 e. The third-order valence-corrected chi connectivity index (χ3v) is 14.4. The molecule has 0 atom stereocenters. The lowest BCUT2D eigenvalue weighted by molar-refractivity contribution is 0.480. The van der Waals surface area contributed by atoms with Crippen molar-refractivity contribution in [2.24, 2.45) is 0 Å². The van der Waals surface area contributed by atoms with E-state index in [0.717, 1.165) is 34.5 Å². The monoisotopic (exact) mass is 979 g/mol. The molecule has 0 N–H and O–H groups in total. The van der Waals surface area contributed by atoms with Crippen LogP contribution >= 0.6 is 0 Å². The summed E-state index contributed by atoms with van der Waals surface area (Å²) in [7, 11) is 0. The average molecular weight is 979 g/mol. The normalized spacial score (nSPS) is 10.7. The minimum atomic E-state index is -0.141. The van der Waals surface area contributed by atoms with Crippen molar-refractivity contribution in [2.75, 3.05) is 0 Å². The summed E-state index contributed by atoms with van der Waals surface area (Å²) in [5, 5.41) is 0. The molecule has 0 saturated carbocycles. The number of hydrogen-bond donors (Lipinski definition) is 0. The summed E-state index contributed by atoms with van der Waals surface area (Å²) < 4.78 is 18.0. The Kier molecular flexibility index (Phi) is 19.1. The highest BCUT2D eigenvalue weighted by Crippen LogP contribution is 2.35. The molecular weight excluding hydrogens is 901 g/mol. The van der Waals surface area contributed by atoms with Gasteiger partial charge in [-0.1, -0.05) is 134 Å². The van der Waals surface area contributed by atoms with E-state index in [2.05, 4.69) is 244 Å². The average Bonchev–Trinajstić information content (AvgIpc) is 3.36. The molecule has 0 heterocycles. The lowest BCUT2D eigenvalue weighted by atomic mass is 9.78. The van der Waals surface area contributed by atoms with Crippen LogP contribution in [0.15, 0.2) is 182 Å². The van der Waals surface area contributed by atoms with E-state index in [1.165, 1.54) is 100 Å². The van der Waals surface area contributed by atoms with E-state index in [1.807, 2.05) is 48.5 Å². The fourth-order valence-electron chi connectivity index (χ4n) is 8.34. The van der Waals surface area contributed by atoms with E-state index >= 15 is 0 Å². The molecule has 380 valence electrons. The molecule has 0 spiro atoms. The lowest BCUT2D eigenvalue weighted by Gasteiger charge is -2.26. The van der Waals surface area contributed by atoms with Crippen molar-refractivity contribution in [1.29, 1.82) is 0 Å². The van der Waals surface area contributed by atoms with Crippen molar-refractivity contribution in [1.82, 2.24) is 0 Å². The van der Waals surface area contributed by atoms with E-state index in [-0.39, 0.29) is 5.41 Å². The molecule has 0 aromatic heterocycles. The highest BCUT2D eigenvalue weighted by molar-refractivity contribution is 5.69. The van der Waals surface area contributed by atoms with E-state index in [4.69, 9.17) is 14.2 Å². The van der Waals surface area contributed by atoms with Crippen molar-refractivity contribution < 1.29 is 14.2 Å². The summed E-state index contributed by atoms with van der Waals surface area (Å²) in [5.74, 6) is 5.21. The molecule has 0 radical (unpaired) electrons. The maximum absolute atomic E-state index is 6.06. The Morgan fingerprint density at radius 2 is 0.568 bits per heavy atom. The van der Waals surface area contributed by atoms with Crippen molar-refractivity contribution >= 4 is 0 Å². The molecule has 0 aliphatic carbocycles. The minimum Gasteiger partial charge on any atom is -0.457 e. The van der Waals surface area contributed by atoms with Crippen molar-refractivity contribution in [3.05, 3.63) is 271 Å². The lowest BCUT2D eigenvalue weighted by Crippen LogP contribution is -2.18. The fraction of sp³-hybridized carbons (Fsp3) is 0.239. The molecular formula is C71H78O3. The molecule has 3 heteroatoms. The predicted octanol–water partition coefficient (Wildman–Crippen LogP) is 20.4. The molecule has 9 aromatic carbocycles. The van der Waals surface area contributed by atoms with Gasteiger partial charge in [-0.25, -0.2) is 0 Å². The van der Waals surface area contributed by atoms with Crippen LogP contribution in [0.2, 0.25) is 0 Å². The van der Waals surface area contributed by atoms with Crippen LogP contribution in [-0.2, 0) is 5.41 Å². The molecule has 9 aromatic rings. The Bertz CT molecular complexity index is 3130. The van der Waals surface area contributed by atoms with E-state index < -0.39 is 0 Å². The summed E-state index contributed by atoms with van der Waals surface area (Å²) in [6.45, 7) is 34.2. The number of benzene rings is 9. The number of ether oxygens (including phenoxy) is 3. The Morgan fingerprint density at radius 3 is 0.892 bits per heavy atom. The first-order valence-electron chi connectivity index (χ1n) is 25.9. The highest BCUT2D eigenvalue weighted by Gasteiger charge is 2.23. The summed E-state index contributed by atoms with van der Waals surface area (Å²) in [5.41, 5.74) is 23.2. The second-order valence-electron chi connectivity index (χ2n) is 20.7. The zero-order valence-corrected chi connectivity index (χ0v) is 47.0. The van der Waals surface area contributed by atoms with Gasteiger partial charge in [0.05, 0.1) is 0 Å². The van der Waals surface area contributed by atoms with Gasteiger partial charge in [0, 0.05) is 5.41 Å². The second kappa shape index (κ2) is 25.4. The van der Waals surface area contributed by atoms with Gasteiger partial charge < -0.3 is 14.2 Å². The quantitative estimate of drug-likeness (QED) is 0.144. The van der Waals surface area contributed by atoms with Crippen LogP contribution in [0.1, 0.15) is 103 Å². The fourth-order valence-corrected chi connectivity index (χ4v) is 8.34. The number of aryl methyl sites for hydroxylation is 13. The van der Waals surface area contributed by atoms with Gasteiger partial charge in [0.1, 0.15) is 34.5 Å². The van der Waals surface area contributed by atoms with Crippen LogP contribution in [0, 0.1) is 96.9 Å². The molecule has 0 saturated heterocycles. The van der Waals surface area contributed by atoms with Gasteiger partial charge in [0.25, 0.3) is 0 Å². The Morgan fingerprint density at radius 1 is 0.257 bits per heavy atom. The van der Waals surface area contributed by atoms with Gasteiger partial charge in [-0.2, -0.15) is 0 Å². The van der Waals surface area contributed by atoms with Gasteiger partial charge in [0.15, 0.2) is 0 Å². The molecule has 0 fully saturated rings. The second-order valence-corrected chi connectivity index (χ2v) is 20.7. The molecule has 74 heavy (non-hydrogen) atoms. The third-order valence-electron chi connectivity index (χ3n) is 14.4. The molecule has 3 nitrogen and oxygen atoms in total. The third kappa shape index (κ3) is 15.4. The Labute approximate surface area is 444 Å². The molecule has 0 aliphatic rings. The van der Waals surface area contributed by atoms with Gasteiger partial charge in [0.2, 0.25) is 0 Å². The van der Waals surface area contributed by atoms with E-state index in [0.29, 0.717) is 0 Å². The summed E-state index contributed by atoms with van der Waals surface area (Å²) >= 11 is 0. The SMILES string of the molecule is Cc1ccc(-c2cccc(C)c2C)cc1C.Cc1ccc(Oc2ccc(C(C)(C)c3ccc(Oc4ccc(C)c(C)c4)cc3)cc2)cc1C.Cc1ccc(Oc2ccc(C)c(C)c2)cc1C.Cc1cccc(C)c1. The topological polar surface area (TPSA) is 27.7 Å². The Balaban J connectivity index is 0.000000181. The summed E-state index contributed by atoms with van der Waals surface area (Å²) in [4.78, 5) is 0. The van der Waals surface area contributed by atoms with Crippen LogP contribution in [0.5, 0.6) is 34.5 Å². The standard InChI is InChI=1S/C31H32O2.C16H18O.C16H18.C8H10/c1-21-7-13-29(19-23(21)3)32-27-15-9-25(10-16-27)31(5,6)26-11-17-28(18-12-26)33-30-14-8-22(2)24(4)20-30;1-11-5-7-15(9-13(11)3)17-16-8-6-12(2)14(4)10-16;1-11-8-9-15(10-13(11)3)16-7-5-6-12(2)14(16)4;1-7-4-3-5-8(2)6-7/h7-20H,1-6H3;5-10H,1-4H3;5-10H,1-4H3;3-6H,1-2H3. The zero-order valence-electron chi connectivity index (χ0n) is 47.0. The highest BCUT2D eigenvalue weighted by atomic mass is 16.5.